The Kier molecular flexibility index (Phi) is 2.21. The van der Waals surface area contributed by atoms with Crippen molar-refractivity contribution in [3.63, 3.8) is 0 Å². The van der Waals surface area contributed by atoms with Gasteiger partial charge in [0.1, 0.15) is 5.52 Å². The van der Waals surface area contributed by atoms with Gasteiger partial charge in [0, 0.05) is 21.8 Å². The summed E-state index contributed by atoms with van der Waals surface area (Å²) in [5.41, 5.74) is 2.67. The molecule has 0 saturated carbocycles. The van der Waals surface area contributed by atoms with Gasteiger partial charge < -0.3 is 15.1 Å². The van der Waals surface area contributed by atoms with Crippen molar-refractivity contribution < 1.29 is 9.90 Å². The Morgan fingerprint density at radius 3 is 2.43 bits per heavy atom. The molecule has 4 rings (SSSR count). The van der Waals surface area contributed by atoms with Gasteiger partial charge in [0.2, 0.25) is 5.43 Å². The van der Waals surface area contributed by atoms with Crippen molar-refractivity contribution in [1.29, 1.82) is 0 Å². The van der Waals surface area contributed by atoms with E-state index in [1.54, 1.807) is 18.2 Å². The van der Waals surface area contributed by atoms with E-state index in [4.69, 9.17) is 5.11 Å². The van der Waals surface area contributed by atoms with Gasteiger partial charge in [-0.2, -0.15) is 0 Å². The number of benzene rings is 2. The molecule has 0 aliphatic heterocycles. The second-order valence-electron chi connectivity index (χ2n) is 4.94. The largest absolute Gasteiger partial charge is 0.478 e. The Labute approximate surface area is 117 Å². The fourth-order valence-electron chi connectivity index (χ4n) is 2.68. The molecule has 0 unspecified atom stereocenters. The van der Waals surface area contributed by atoms with Crippen LogP contribution in [0.5, 0.6) is 0 Å². The third kappa shape index (κ3) is 1.57. The Hall–Kier alpha value is -3.08. The summed E-state index contributed by atoms with van der Waals surface area (Å²) < 4.78 is 0. The second-order valence-corrected chi connectivity index (χ2v) is 4.94. The number of para-hydroxylation sites is 1. The van der Waals surface area contributed by atoms with Crippen LogP contribution >= 0.6 is 0 Å². The number of aromatic carboxylic acids is 1. The molecule has 0 radical (unpaired) electrons. The molecule has 21 heavy (non-hydrogen) atoms. The maximum Gasteiger partial charge on any atom is 0.335 e. The van der Waals surface area contributed by atoms with Crippen LogP contribution < -0.4 is 5.43 Å². The number of pyridine rings is 1. The maximum atomic E-state index is 12.5. The fourth-order valence-corrected chi connectivity index (χ4v) is 2.68. The zero-order valence-electron chi connectivity index (χ0n) is 10.8. The summed E-state index contributed by atoms with van der Waals surface area (Å²) in [6.07, 6.45) is 0. The van der Waals surface area contributed by atoms with E-state index >= 15 is 0 Å². The molecule has 3 N–H and O–H groups in total. The second kappa shape index (κ2) is 3.96. The van der Waals surface area contributed by atoms with Gasteiger partial charge in [-0.05, 0) is 30.3 Å². The highest BCUT2D eigenvalue weighted by atomic mass is 16.4. The van der Waals surface area contributed by atoms with Crippen molar-refractivity contribution in [3.05, 3.63) is 58.3 Å². The first-order chi connectivity index (χ1) is 10.1. The molecule has 5 heteroatoms. The molecule has 0 saturated heterocycles. The lowest BCUT2D eigenvalue weighted by molar-refractivity contribution is 0.0697. The minimum atomic E-state index is -0.991. The molecule has 2 aromatic heterocycles. The van der Waals surface area contributed by atoms with Crippen molar-refractivity contribution >= 4 is 38.8 Å². The predicted molar refractivity (Wildman–Crippen MR) is 80.9 cm³/mol. The standard InChI is InChI=1S/C16H10N2O3/c19-15-9-3-1-2-4-11(9)17-13-10-7-8(16(20)21)5-6-12(10)18-14(13)15/h1-7,18H,(H,17,19)(H,20,21). The van der Waals surface area contributed by atoms with Gasteiger partial charge in [-0.1, -0.05) is 12.1 Å². The minimum Gasteiger partial charge on any atom is -0.478 e. The summed E-state index contributed by atoms with van der Waals surface area (Å²) in [4.78, 5) is 29.9. The van der Waals surface area contributed by atoms with E-state index in [2.05, 4.69) is 9.97 Å². The lowest BCUT2D eigenvalue weighted by Gasteiger charge is -1.99. The highest BCUT2D eigenvalue weighted by Gasteiger charge is 2.12. The van der Waals surface area contributed by atoms with E-state index in [0.29, 0.717) is 21.8 Å². The first kappa shape index (κ1) is 11.7. The molecule has 5 nitrogen and oxygen atoms in total. The van der Waals surface area contributed by atoms with Gasteiger partial charge in [0.15, 0.2) is 0 Å². The lowest BCUT2D eigenvalue weighted by atomic mass is 10.1. The third-order valence-electron chi connectivity index (χ3n) is 3.70. The van der Waals surface area contributed by atoms with Crippen LogP contribution in [0.2, 0.25) is 0 Å². The van der Waals surface area contributed by atoms with Crippen molar-refractivity contribution in [2.24, 2.45) is 0 Å². The summed E-state index contributed by atoms with van der Waals surface area (Å²) in [6.45, 7) is 0. The molecular weight excluding hydrogens is 268 g/mol. The summed E-state index contributed by atoms with van der Waals surface area (Å²) in [5, 5.41) is 10.4. The number of rotatable bonds is 1. The summed E-state index contributed by atoms with van der Waals surface area (Å²) >= 11 is 0. The number of aromatic nitrogens is 2. The number of aromatic amines is 2. The van der Waals surface area contributed by atoms with Crippen molar-refractivity contribution in [2.75, 3.05) is 0 Å². The summed E-state index contributed by atoms with van der Waals surface area (Å²) in [5.74, 6) is -0.991. The first-order valence-corrected chi connectivity index (χ1v) is 6.45. The van der Waals surface area contributed by atoms with Crippen LogP contribution in [0.15, 0.2) is 47.3 Å². The molecule has 102 valence electrons. The van der Waals surface area contributed by atoms with Crippen molar-refractivity contribution in [1.82, 2.24) is 9.97 Å². The number of nitrogens with one attached hydrogen (secondary N) is 2. The topological polar surface area (TPSA) is 85.9 Å². The Balaban J connectivity index is 2.24. The predicted octanol–water partition coefficient (Wildman–Crippen LogP) is 2.86. The monoisotopic (exact) mass is 278 g/mol. The molecule has 0 atom stereocenters. The van der Waals surface area contributed by atoms with E-state index in [1.165, 1.54) is 6.07 Å². The van der Waals surface area contributed by atoms with Gasteiger partial charge in [-0.15, -0.1) is 0 Å². The number of carboxylic acids is 1. The van der Waals surface area contributed by atoms with Crippen molar-refractivity contribution in [2.45, 2.75) is 0 Å². The van der Waals surface area contributed by atoms with Crippen LogP contribution in [0, 0.1) is 0 Å². The summed E-state index contributed by atoms with van der Waals surface area (Å²) in [7, 11) is 0. The SMILES string of the molecule is O=C(O)c1ccc2[nH]c3c(=O)c4ccccc4[nH]c3c2c1. The Morgan fingerprint density at radius 1 is 0.905 bits per heavy atom. The minimum absolute atomic E-state index is 0.0903. The molecule has 0 fully saturated rings. The molecule has 0 aliphatic carbocycles. The molecule has 0 amide bonds. The van der Waals surface area contributed by atoms with Crippen LogP contribution in [0.1, 0.15) is 10.4 Å². The normalized spacial score (nSPS) is 11.4. The van der Waals surface area contributed by atoms with Gasteiger partial charge >= 0.3 is 5.97 Å². The van der Waals surface area contributed by atoms with Gasteiger partial charge in [-0.3, -0.25) is 4.79 Å². The smallest absolute Gasteiger partial charge is 0.335 e. The number of carbonyl (C=O) groups is 1. The average molecular weight is 278 g/mol. The Bertz CT molecular complexity index is 1090. The van der Waals surface area contributed by atoms with E-state index in [9.17, 15) is 9.59 Å². The average Bonchev–Trinajstić information content (AvgIpc) is 2.86. The van der Waals surface area contributed by atoms with Crippen LogP contribution in [0.3, 0.4) is 0 Å². The molecular formula is C16H10N2O3. The van der Waals surface area contributed by atoms with E-state index < -0.39 is 5.97 Å². The molecule has 0 spiro atoms. The lowest BCUT2D eigenvalue weighted by Crippen LogP contribution is -2.03. The number of hydrogen-bond acceptors (Lipinski definition) is 2. The molecule has 0 bridgehead atoms. The van der Waals surface area contributed by atoms with E-state index in [1.807, 2.05) is 18.2 Å². The van der Waals surface area contributed by atoms with Crippen LogP contribution in [0.25, 0.3) is 32.8 Å². The number of H-pyrrole nitrogens is 2. The van der Waals surface area contributed by atoms with E-state index in [-0.39, 0.29) is 11.0 Å². The van der Waals surface area contributed by atoms with Gasteiger partial charge in [0.25, 0.3) is 0 Å². The number of hydrogen-bond donors (Lipinski definition) is 3. The Morgan fingerprint density at radius 2 is 1.62 bits per heavy atom. The van der Waals surface area contributed by atoms with Gasteiger partial charge in [-0.25, -0.2) is 4.79 Å². The third-order valence-corrected chi connectivity index (χ3v) is 3.70. The fraction of sp³-hybridized carbons (Fsp3) is 0. The highest BCUT2D eigenvalue weighted by Crippen LogP contribution is 2.25. The number of carboxylic acid groups (broad SMARTS) is 1. The molecule has 0 aliphatic rings. The zero-order valence-corrected chi connectivity index (χ0v) is 10.8. The quantitative estimate of drug-likeness (QED) is 0.500. The first-order valence-electron chi connectivity index (χ1n) is 6.45. The number of fused-ring (bicyclic) bond motifs is 4. The van der Waals surface area contributed by atoms with E-state index in [0.717, 1.165) is 11.0 Å². The van der Waals surface area contributed by atoms with Gasteiger partial charge in [0.05, 0.1) is 11.1 Å². The molecule has 2 heterocycles. The molecule has 2 aromatic carbocycles. The van der Waals surface area contributed by atoms with Crippen LogP contribution in [-0.2, 0) is 0 Å². The molecule has 4 aromatic rings. The van der Waals surface area contributed by atoms with Crippen molar-refractivity contribution in [3.8, 4) is 0 Å². The maximum absolute atomic E-state index is 12.5. The van der Waals surface area contributed by atoms with Crippen LogP contribution in [-0.4, -0.2) is 21.0 Å². The summed E-state index contributed by atoms with van der Waals surface area (Å²) in [6, 6.07) is 12.0. The van der Waals surface area contributed by atoms with Crippen LogP contribution in [0.4, 0.5) is 0 Å². The highest BCUT2D eigenvalue weighted by molar-refractivity contribution is 6.09. The zero-order chi connectivity index (χ0) is 14.6.